The lowest BCUT2D eigenvalue weighted by Gasteiger charge is -2.18. The molecule has 1 saturated heterocycles. The average Bonchev–Trinajstić information content (AvgIpc) is 3.20. The summed E-state index contributed by atoms with van der Waals surface area (Å²) in [5.74, 6) is -0.455. The summed E-state index contributed by atoms with van der Waals surface area (Å²) in [7, 11) is 0. The van der Waals surface area contributed by atoms with E-state index in [1.54, 1.807) is 22.4 Å². The van der Waals surface area contributed by atoms with Gasteiger partial charge in [-0.15, -0.1) is 11.3 Å². The van der Waals surface area contributed by atoms with Gasteiger partial charge in [-0.1, -0.05) is 30.5 Å². The second kappa shape index (κ2) is 7.36. The molecular weight excluding hydrogens is 413 g/mol. The van der Waals surface area contributed by atoms with Crippen molar-refractivity contribution in [3.05, 3.63) is 40.0 Å². The number of carbonyl (C=O) groups excluding carboxylic acids is 1. The number of fused-ring (bicyclic) bond motifs is 1. The fraction of sp³-hybridized carbons (Fsp3) is 0.389. The highest BCUT2D eigenvalue weighted by molar-refractivity contribution is 7.13. The molecule has 0 aromatic carbocycles. The molecule has 0 atom stereocenters. The first-order chi connectivity index (χ1) is 13.4. The van der Waals surface area contributed by atoms with Gasteiger partial charge < -0.3 is 4.90 Å². The molecule has 0 bridgehead atoms. The molecule has 1 amide bonds. The Balaban J connectivity index is 1.86. The van der Waals surface area contributed by atoms with Crippen LogP contribution >= 0.6 is 22.9 Å². The Hall–Kier alpha value is -2.13. The lowest BCUT2D eigenvalue weighted by Crippen LogP contribution is -2.32. The summed E-state index contributed by atoms with van der Waals surface area (Å²) in [5, 5.41) is 5.52. The third-order valence-electron chi connectivity index (χ3n) is 4.69. The first kappa shape index (κ1) is 19.2. The minimum Gasteiger partial charge on any atom is -0.337 e. The smallest absolute Gasteiger partial charge is 0.337 e. The summed E-state index contributed by atoms with van der Waals surface area (Å²) in [6, 6.07) is 4.34. The largest absolute Gasteiger partial charge is 0.433 e. The highest BCUT2D eigenvalue weighted by atomic mass is 35.5. The lowest BCUT2D eigenvalue weighted by molar-refractivity contribution is -0.142. The van der Waals surface area contributed by atoms with E-state index in [0.29, 0.717) is 22.5 Å². The average molecular weight is 429 g/mol. The molecule has 0 aliphatic carbocycles. The predicted molar refractivity (Wildman–Crippen MR) is 101 cm³/mol. The van der Waals surface area contributed by atoms with Crippen LogP contribution in [0.3, 0.4) is 0 Å². The van der Waals surface area contributed by atoms with E-state index in [1.165, 1.54) is 11.3 Å². The summed E-state index contributed by atoms with van der Waals surface area (Å²) in [6.07, 6.45) is -0.929. The van der Waals surface area contributed by atoms with Gasteiger partial charge in [-0.05, 0) is 30.4 Å². The summed E-state index contributed by atoms with van der Waals surface area (Å²) in [6.45, 7) is 1.09. The fourth-order valence-electron chi connectivity index (χ4n) is 3.30. The molecule has 0 spiro atoms. The Morgan fingerprint density at radius 2 is 1.89 bits per heavy atom. The van der Waals surface area contributed by atoms with Crippen LogP contribution in [0.1, 0.15) is 41.9 Å². The van der Waals surface area contributed by atoms with Crippen LogP contribution in [0.5, 0.6) is 0 Å². The first-order valence-electron chi connectivity index (χ1n) is 8.86. The van der Waals surface area contributed by atoms with Crippen LogP contribution in [0.15, 0.2) is 23.6 Å². The Bertz CT molecular complexity index is 1010. The van der Waals surface area contributed by atoms with Crippen LogP contribution in [-0.2, 0) is 6.18 Å². The van der Waals surface area contributed by atoms with Gasteiger partial charge in [0.2, 0.25) is 0 Å². The molecule has 1 fully saturated rings. The molecule has 4 heterocycles. The van der Waals surface area contributed by atoms with Crippen LogP contribution in [0.2, 0.25) is 5.02 Å². The number of nitrogens with zero attached hydrogens (tertiary/aromatic N) is 4. The van der Waals surface area contributed by atoms with Crippen molar-refractivity contribution in [3.63, 3.8) is 0 Å². The van der Waals surface area contributed by atoms with E-state index in [-0.39, 0.29) is 22.1 Å². The fourth-order valence-corrected chi connectivity index (χ4v) is 4.23. The second-order valence-electron chi connectivity index (χ2n) is 6.61. The molecular formula is C18H16ClF3N4OS. The molecule has 3 aromatic rings. The number of hydrogen-bond donors (Lipinski definition) is 0. The van der Waals surface area contributed by atoms with Gasteiger partial charge in [-0.25, -0.2) is 9.50 Å². The standard InChI is InChI=1S/C18H16ClF3N4OS/c19-14-15(17(27)25-7-3-1-2-4-8-25)24-26-13(18(20,21)22)10-11(23-16(14)26)12-6-5-9-28-12/h5-6,9-10H,1-4,7-8H2. The number of likely N-dealkylation sites (tertiary alicyclic amines) is 1. The van der Waals surface area contributed by atoms with Crippen LogP contribution in [0, 0.1) is 0 Å². The molecule has 4 rings (SSSR count). The van der Waals surface area contributed by atoms with E-state index in [2.05, 4.69) is 10.1 Å². The molecule has 0 unspecified atom stereocenters. The van der Waals surface area contributed by atoms with Gasteiger partial charge in [-0.3, -0.25) is 4.79 Å². The van der Waals surface area contributed by atoms with Gasteiger partial charge in [0.1, 0.15) is 5.02 Å². The van der Waals surface area contributed by atoms with Crippen LogP contribution in [-0.4, -0.2) is 38.5 Å². The van der Waals surface area contributed by atoms with Crippen molar-refractivity contribution in [3.8, 4) is 10.6 Å². The molecule has 28 heavy (non-hydrogen) atoms. The van der Waals surface area contributed by atoms with Crippen LogP contribution in [0.4, 0.5) is 13.2 Å². The van der Waals surface area contributed by atoms with Gasteiger partial charge >= 0.3 is 6.18 Å². The van der Waals surface area contributed by atoms with Gasteiger partial charge in [0.25, 0.3) is 5.91 Å². The maximum Gasteiger partial charge on any atom is 0.433 e. The Labute approximate surface area is 167 Å². The third kappa shape index (κ3) is 3.48. The quantitative estimate of drug-likeness (QED) is 0.567. The number of hydrogen-bond acceptors (Lipinski definition) is 4. The third-order valence-corrected chi connectivity index (χ3v) is 5.93. The topological polar surface area (TPSA) is 50.5 Å². The van der Waals surface area contributed by atoms with Crippen LogP contribution < -0.4 is 0 Å². The number of rotatable bonds is 2. The highest BCUT2D eigenvalue weighted by Crippen LogP contribution is 2.35. The number of aromatic nitrogens is 3. The highest BCUT2D eigenvalue weighted by Gasteiger charge is 2.37. The summed E-state index contributed by atoms with van der Waals surface area (Å²) in [5.41, 5.74) is -1.23. The Morgan fingerprint density at radius 1 is 1.18 bits per heavy atom. The summed E-state index contributed by atoms with van der Waals surface area (Å²) >= 11 is 7.58. The van der Waals surface area contributed by atoms with Gasteiger partial charge in [-0.2, -0.15) is 18.3 Å². The van der Waals surface area contributed by atoms with E-state index < -0.39 is 17.8 Å². The van der Waals surface area contributed by atoms with E-state index in [9.17, 15) is 18.0 Å². The van der Waals surface area contributed by atoms with Crippen molar-refractivity contribution >= 4 is 34.5 Å². The molecule has 3 aromatic heterocycles. The zero-order valence-electron chi connectivity index (χ0n) is 14.7. The zero-order valence-corrected chi connectivity index (χ0v) is 16.2. The normalized spacial score (nSPS) is 15.8. The van der Waals surface area contributed by atoms with Gasteiger partial charge in [0.15, 0.2) is 17.0 Å². The lowest BCUT2D eigenvalue weighted by atomic mass is 10.2. The first-order valence-corrected chi connectivity index (χ1v) is 10.1. The van der Waals surface area contributed by atoms with Crippen molar-refractivity contribution < 1.29 is 18.0 Å². The van der Waals surface area contributed by atoms with E-state index in [0.717, 1.165) is 31.7 Å². The number of carbonyl (C=O) groups is 1. The molecule has 0 saturated carbocycles. The molecule has 0 radical (unpaired) electrons. The number of amides is 1. The number of alkyl halides is 3. The summed E-state index contributed by atoms with van der Waals surface area (Å²) in [4.78, 5) is 19.3. The molecule has 1 aliphatic heterocycles. The minimum atomic E-state index is -4.68. The van der Waals surface area contributed by atoms with Gasteiger partial charge in [0, 0.05) is 13.1 Å². The van der Waals surface area contributed by atoms with Crippen LogP contribution in [0.25, 0.3) is 16.2 Å². The molecule has 10 heteroatoms. The SMILES string of the molecule is O=C(c1nn2c(C(F)(F)F)cc(-c3cccs3)nc2c1Cl)N1CCCCCC1. The maximum absolute atomic E-state index is 13.7. The number of halogens is 4. The van der Waals surface area contributed by atoms with Crippen molar-refractivity contribution in [1.29, 1.82) is 0 Å². The monoisotopic (exact) mass is 428 g/mol. The van der Waals surface area contributed by atoms with E-state index >= 15 is 0 Å². The van der Waals surface area contributed by atoms with Crippen molar-refractivity contribution in [2.24, 2.45) is 0 Å². The zero-order chi connectivity index (χ0) is 19.9. The van der Waals surface area contributed by atoms with E-state index in [1.807, 2.05) is 0 Å². The van der Waals surface area contributed by atoms with Crippen molar-refractivity contribution in [2.75, 3.05) is 13.1 Å². The second-order valence-corrected chi connectivity index (χ2v) is 7.93. The minimum absolute atomic E-state index is 0.144. The Morgan fingerprint density at radius 3 is 2.50 bits per heavy atom. The molecule has 1 aliphatic rings. The molecule has 0 N–H and O–H groups in total. The van der Waals surface area contributed by atoms with E-state index in [4.69, 9.17) is 11.6 Å². The van der Waals surface area contributed by atoms with Crippen molar-refractivity contribution in [1.82, 2.24) is 19.5 Å². The van der Waals surface area contributed by atoms with Gasteiger partial charge in [0.05, 0.1) is 10.6 Å². The molecule has 148 valence electrons. The maximum atomic E-state index is 13.7. The van der Waals surface area contributed by atoms with Crippen molar-refractivity contribution in [2.45, 2.75) is 31.9 Å². The number of thiophene rings is 1. The summed E-state index contributed by atoms with van der Waals surface area (Å²) < 4.78 is 41.6. The molecule has 5 nitrogen and oxygen atoms in total. The predicted octanol–water partition coefficient (Wildman–Crippen LogP) is 5.15. The Kier molecular flexibility index (Phi) is 5.05.